The molecular formula is C18H25N3O5S. The molecule has 0 saturated carbocycles. The van der Waals surface area contributed by atoms with Gasteiger partial charge in [0.15, 0.2) is 17.2 Å². The van der Waals surface area contributed by atoms with Crippen molar-refractivity contribution in [1.82, 2.24) is 9.97 Å². The largest absolute Gasteiger partial charge is 0.503 e. The first kappa shape index (κ1) is 20.9. The molecule has 0 bridgehead atoms. The number of primary amides is 1. The van der Waals surface area contributed by atoms with E-state index in [1.807, 2.05) is 0 Å². The molecular weight excluding hydrogens is 370 g/mol. The maximum Gasteiger partial charge on any atom is 0.271 e. The number of carbonyl (C=O) groups is 1. The first-order chi connectivity index (χ1) is 12.7. The van der Waals surface area contributed by atoms with E-state index < -0.39 is 17.3 Å². The average Bonchev–Trinajstić information content (AvgIpc) is 3.05. The molecule has 0 atom stereocenters. The number of aliphatic hydroxyl groups is 1. The van der Waals surface area contributed by atoms with E-state index in [-0.39, 0.29) is 22.9 Å². The minimum Gasteiger partial charge on any atom is -0.503 e. The molecule has 0 unspecified atom stereocenters. The van der Waals surface area contributed by atoms with Crippen molar-refractivity contribution in [1.29, 1.82) is 0 Å². The van der Waals surface area contributed by atoms with E-state index in [0.29, 0.717) is 5.69 Å². The van der Waals surface area contributed by atoms with Gasteiger partial charge in [-0.2, -0.15) is 0 Å². The summed E-state index contributed by atoms with van der Waals surface area (Å²) >= 11 is 1.46. The number of rotatable bonds is 9. The van der Waals surface area contributed by atoms with Crippen molar-refractivity contribution in [2.75, 3.05) is 14.2 Å². The van der Waals surface area contributed by atoms with Crippen LogP contribution in [0, 0.1) is 0 Å². The molecule has 0 aliphatic heterocycles. The molecule has 2 heterocycles. The van der Waals surface area contributed by atoms with Crippen LogP contribution in [0.2, 0.25) is 0 Å². The van der Waals surface area contributed by atoms with Crippen LogP contribution < -0.4 is 15.2 Å². The van der Waals surface area contributed by atoms with Crippen LogP contribution in [0.1, 0.15) is 48.6 Å². The van der Waals surface area contributed by atoms with Gasteiger partial charge in [-0.05, 0) is 33.1 Å². The van der Waals surface area contributed by atoms with Crippen molar-refractivity contribution < 1.29 is 24.5 Å². The third-order valence-electron chi connectivity index (χ3n) is 3.95. The molecule has 0 aliphatic carbocycles. The SMILES string of the molecule is COc1c(-c2csc(CCCCC(C)(C)O)n2)nc(C(N)=O)c(O)c1OC. The molecule has 2 aromatic rings. The smallest absolute Gasteiger partial charge is 0.271 e. The highest BCUT2D eigenvalue weighted by molar-refractivity contribution is 7.09. The van der Waals surface area contributed by atoms with Crippen molar-refractivity contribution in [3.8, 4) is 28.6 Å². The highest BCUT2D eigenvalue weighted by atomic mass is 32.1. The molecule has 27 heavy (non-hydrogen) atoms. The van der Waals surface area contributed by atoms with Crippen LogP contribution in [0.15, 0.2) is 5.38 Å². The first-order valence-electron chi connectivity index (χ1n) is 8.49. The van der Waals surface area contributed by atoms with Gasteiger partial charge in [0.05, 0.1) is 24.8 Å². The Labute approximate surface area is 162 Å². The first-order valence-corrected chi connectivity index (χ1v) is 9.37. The van der Waals surface area contributed by atoms with Crippen molar-refractivity contribution in [2.24, 2.45) is 5.73 Å². The van der Waals surface area contributed by atoms with E-state index in [1.165, 1.54) is 25.6 Å². The summed E-state index contributed by atoms with van der Waals surface area (Å²) in [5, 5.41) is 22.6. The van der Waals surface area contributed by atoms with Crippen LogP contribution in [0.3, 0.4) is 0 Å². The van der Waals surface area contributed by atoms with E-state index in [9.17, 15) is 15.0 Å². The number of aromatic hydroxyl groups is 1. The molecule has 0 aromatic carbocycles. The van der Waals surface area contributed by atoms with E-state index in [2.05, 4.69) is 9.97 Å². The predicted molar refractivity (Wildman–Crippen MR) is 102 cm³/mol. The molecule has 148 valence electrons. The summed E-state index contributed by atoms with van der Waals surface area (Å²) in [6.45, 7) is 3.59. The second-order valence-corrected chi connectivity index (χ2v) is 7.68. The van der Waals surface area contributed by atoms with E-state index >= 15 is 0 Å². The van der Waals surface area contributed by atoms with Crippen LogP contribution in [-0.4, -0.2) is 45.9 Å². The third kappa shape index (κ3) is 5.08. The lowest BCUT2D eigenvalue weighted by Gasteiger charge is -2.16. The zero-order valence-corrected chi connectivity index (χ0v) is 16.7. The molecule has 9 heteroatoms. The number of thiazole rings is 1. The van der Waals surface area contributed by atoms with Crippen molar-refractivity contribution in [3.63, 3.8) is 0 Å². The van der Waals surface area contributed by atoms with Gasteiger partial charge in [0.25, 0.3) is 5.91 Å². The average molecular weight is 395 g/mol. The number of carbonyl (C=O) groups excluding carboxylic acids is 1. The lowest BCUT2D eigenvalue weighted by molar-refractivity contribution is 0.0682. The zero-order valence-electron chi connectivity index (χ0n) is 15.9. The van der Waals surface area contributed by atoms with Crippen LogP contribution in [0.5, 0.6) is 17.2 Å². The van der Waals surface area contributed by atoms with Crippen LogP contribution in [0.25, 0.3) is 11.4 Å². The van der Waals surface area contributed by atoms with Crippen molar-refractivity contribution >= 4 is 17.2 Å². The minimum absolute atomic E-state index is 0.0176. The fraction of sp³-hybridized carbons (Fsp3) is 0.500. The van der Waals surface area contributed by atoms with Crippen LogP contribution in [-0.2, 0) is 6.42 Å². The summed E-state index contributed by atoms with van der Waals surface area (Å²) in [6.07, 6.45) is 3.27. The Morgan fingerprint density at radius 2 is 1.89 bits per heavy atom. The highest BCUT2D eigenvalue weighted by Crippen LogP contribution is 2.44. The van der Waals surface area contributed by atoms with Gasteiger partial charge in [0, 0.05) is 5.38 Å². The number of pyridine rings is 1. The summed E-state index contributed by atoms with van der Waals surface area (Å²) in [6, 6.07) is 0. The molecule has 1 amide bonds. The highest BCUT2D eigenvalue weighted by Gasteiger charge is 2.26. The number of hydrogen-bond acceptors (Lipinski definition) is 8. The molecule has 0 aliphatic rings. The topological polar surface area (TPSA) is 128 Å². The number of amides is 1. The molecule has 4 N–H and O–H groups in total. The van der Waals surface area contributed by atoms with Gasteiger partial charge in [-0.25, -0.2) is 9.97 Å². The third-order valence-corrected chi connectivity index (χ3v) is 4.86. The summed E-state index contributed by atoms with van der Waals surface area (Å²) < 4.78 is 10.5. The lowest BCUT2D eigenvalue weighted by atomic mass is 10.0. The molecule has 0 saturated heterocycles. The van der Waals surface area contributed by atoms with E-state index in [0.717, 1.165) is 30.7 Å². The number of nitrogens with zero attached hydrogens (tertiary/aromatic N) is 2. The maximum atomic E-state index is 11.6. The van der Waals surface area contributed by atoms with Gasteiger partial charge >= 0.3 is 0 Å². The summed E-state index contributed by atoms with van der Waals surface area (Å²) in [5.41, 5.74) is 5.12. The van der Waals surface area contributed by atoms with Gasteiger partial charge in [0.2, 0.25) is 5.75 Å². The molecule has 0 fully saturated rings. The molecule has 2 rings (SSSR count). The second kappa shape index (κ2) is 8.53. The Balaban J connectivity index is 2.29. The molecule has 2 aromatic heterocycles. The quantitative estimate of drug-likeness (QED) is 0.557. The van der Waals surface area contributed by atoms with Gasteiger partial charge in [-0.1, -0.05) is 6.42 Å². The molecule has 0 spiro atoms. The Morgan fingerprint density at radius 1 is 1.22 bits per heavy atom. The molecule has 8 nitrogen and oxygen atoms in total. The van der Waals surface area contributed by atoms with Crippen molar-refractivity contribution in [2.45, 2.75) is 45.1 Å². The standard InChI is InChI=1S/C18H25N3O5S/c1-18(2,24)8-6-5-7-11-20-10(9-27-11)12-15(25-3)16(26-4)14(22)13(21-12)17(19)23/h9,22,24H,5-8H2,1-4H3,(H2,19,23). The number of hydrogen-bond donors (Lipinski definition) is 3. The predicted octanol–water partition coefficient (Wildman–Crippen LogP) is 2.51. The number of unbranched alkanes of at least 4 members (excludes halogenated alkanes) is 1. The van der Waals surface area contributed by atoms with Gasteiger partial charge < -0.3 is 25.4 Å². The minimum atomic E-state index is -0.878. The van der Waals surface area contributed by atoms with Gasteiger partial charge in [0.1, 0.15) is 11.4 Å². The summed E-state index contributed by atoms with van der Waals surface area (Å²) in [4.78, 5) is 20.3. The number of aryl methyl sites for hydroxylation is 1. The Hall–Kier alpha value is -2.39. The molecule has 0 radical (unpaired) electrons. The van der Waals surface area contributed by atoms with E-state index in [4.69, 9.17) is 15.2 Å². The Morgan fingerprint density at radius 3 is 2.44 bits per heavy atom. The van der Waals surface area contributed by atoms with Crippen LogP contribution >= 0.6 is 11.3 Å². The fourth-order valence-corrected chi connectivity index (χ4v) is 3.46. The Bertz CT molecular complexity index is 814. The number of ether oxygens (including phenoxy) is 2. The number of aromatic nitrogens is 2. The van der Waals surface area contributed by atoms with Crippen molar-refractivity contribution in [3.05, 3.63) is 16.1 Å². The summed E-state index contributed by atoms with van der Waals surface area (Å²) in [5.74, 6) is -1.18. The Kier molecular flexibility index (Phi) is 6.61. The second-order valence-electron chi connectivity index (χ2n) is 6.73. The normalized spacial score (nSPS) is 11.4. The fourth-order valence-electron chi connectivity index (χ4n) is 2.63. The number of nitrogens with two attached hydrogens (primary N) is 1. The van der Waals surface area contributed by atoms with E-state index in [1.54, 1.807) is 19.2 Å². The zero-order chi connectivity index (χ0) is 20.2. The maximum absolute atomic E-state index is 11.6. The number of methoxy groups -OCH3 is 2. The van der Waals surface area contributed by atoms with Gasteiger partial charge in [-0.15, -0.1) is 11.3 Å². The monoisotopic (exact) mass is 395 g/mol. The van der Waals surface area contributed by atoms with Gasteiger partial charge in [-0.3, -0.25) is 4.79 Å². The summed E-state index contributed by atoms with van der Waals surface area (Å²) in [7, 11) is 2.76. The lowest BCUT2D eigenvalue weighted by Crippen LogP contribution is -2.17. The van der Waals surface area contributed by atoms with Crippen LogP contribution in [0.4, 0.5) is 0 Å².